The minimum absolute atomic E-state index is 0.0465. The summed E-state index contributed by atoms with van der Waals surface area (Å²) < 4.78 is 47.5. The Morgan fingerprint density at radius 1 is 1.04 bits per heavy atom. The number of esters is 2. The quantitative estimate of drug-likeness (QED) is 0.446. The molecule has 0 radical (unpaired) electrons. The Morgan fingerprint density at radius 3 is 2.00 bits per heavy atom. The lowest BCUT2D eigenvalue weighted by Gasteiger charge is -2.34. The molecule has 7 heteroatoms. The van der Waals surface area contributed by atoms with Crippen LogP contribution in [-0.4, -0.2) is 30.8 Å². The highest BCUT2D eigenvalue weighted by Crippen LogP contribution is 2.39. The van der Waals surface area contributed by atoms with Gasteiger partial charge in [0.15, 0.2) is 6.10 Å². The van der Waals surface area contributed by atoms with E-state index in [1.807, 2.05) is 6.92 Å². The molecule has 0 aliphatic rings. The van der Waals surface area contributed by atoms with Crippen molar-refractivity contribution < 1.29 is 32.2 Å². The third-order valence-electron chi connectivity index (χ3n) is 4.13. The van der Waals surface area contributed by atoms with Gasteiger partial charge in [0.25, 0.3) is 0 Å². The molecule has 0 fully saturated rings. The van der Waals surface area contributed by atoms with Crippen molar-refractivity contribution in [2.45, 2.75) is 79.5 Å². The van der Waals surface area contributed by atoms with Crippen LogP contribution in [0, 0.1) is 10.8 Å². The van der Waals surface area contributed by atoms with Crippen LogP contribution >= 0.6 is 0 Å². The van der Waals surface area contributed by atoms with Crippen LogP contribution in [0.2, 0.25) is 0 Å². The van der Waals surface area contributed by atoms with Crippen molar-refractivity contribution in [3.8, 4) is 0 Å². The molecule has 24 heavy (non-hydrogen) atoms. The van der Waals surface area contributed by atoms with Gasteiger partial charge in [0.05, 0.1) is 17.4 Å². The van der Waals surface area contributed by atoms with E-state index in [2.05, 4.69) is 4.74 Å². The van der Waals surface area contributed by atoms with E-state index in [1.165, 1.54) is 6.92 Å². The first-order chi connectivity index (χ1) is 10.8. The molecule has 0 N–H and O–H groups in total. The summed E-state index contributed by atoms with van der Waals surface area (Å²) >= 11 is 0. The van der Waals surface area contributed by atoms with Crippen molar-refractivity contribution in [3.63, 3.8) is 0 Å². The minimum atomic E-state index is -4.61. The van der Waals surface area contributed by atoms with Crippen molar-refractivity contribution in [2.24, 2.45) is 10.8 Å². The van der Waals surface area contributed by atoms with Gasteiger partial charge in [-0.15, -0.1) is 0 Å². The number of hydrogen-bond acceptors (Lipinski definition) is 4. The number of unbranched alkanes of at least 4 members (excludes halogenated alkanes) is 1. The number of carbonyl (C=O) groups is 2. The van der Waals surface area contributed by atoms with Crippen LogP contribution in [0.5, 0.6) is 0 Å². The summed E-state index contributed by atoms with van der Waals surface area (Å²) in [5.41, 5.74) is -2.20. The summed E-state index contributed by atoms with van der Waals surface area (Å²) in [5.74, 6) is -1.42. The summed E-state index contributed by atoms with van der Waals surface area (Å²) in [6.07, 6.45) is -4.89. The maximum atomic E-state index is 12.6. The van der Waals surface area contributed by atoms with E-state index in [1.54, 1.807) is 20.8 Å². The molecule has 0 aliphatic heterocycles. The average molecular weight is 354 g/mol. The standard InChI is InChI=1S/C17H29F3O4/c1-7-9-10-23-13(21)15(4,5)11-16(6,8-2)14(22)24-12(3)17(18,19)20/h12H,7-11H2,1-6H3. The van der Waals surface area contributed by atoms with Gasteiger partial charge >= 0.3 is 18.1 Å². The second-order valence-corrected chi connectivity index (χ2v) is 7.05. The lowest BCUT2D eigenvalue weighted by Crippen LogP contribution is -2.41. The Kier molecular flexibility index (Phi) is 8.26. The zero-order valence-corrected chi connectivity index (χ0v) is 15.4. The molecule has 4 nitrogen and oxygen atoms in total. The van der Waals surface area contributed by atoms with Gasteiger partial charge in [-0.1, -0.05) is 20.3 Å². The second-order valence-electron chi connectivity index (χ2n) is 7.05. The summed E-state index contributed by atoms with van der Waals surface area (Å²) in [6, 6.07) is 0. The Labute approximate surface area is 142 Å². The molecule has 2 atom stereocenters. The number of carbonyl (C=O) groups excluding carboxylic acids is 2. The van der Waals surface area contributed by atoms with E-state index in [9.17, 15) is 22.8 Å². The number of rotatable bonds is 9. The molecule has 0 saturated carbocycles. The fourth-order valence-electron chi connectivity index (χ4n) is 2.26. The highest BCUT2D eigenvalue weighted by molar-refractivity contribution is 5.80. The van der Waals surface area contributed by atoms with E-state index in [4.69, 9.17) is 4.74 Å². The van der Waals surface area contributed by atoms with Gasteiger partial charge in [-0.25, -0.2) is 0 Å². The molecule has 0 rings (SSSR count). The molecule has 0 aromatic carbocycles. The summed E-state index contributed by atoms with van der Waals surface area (Å²) in [5, 5.41) is 0. The van der Waals surface area contributed by atoms with Gasteiger partial charge in [0.2, 0.25) is 0 Å². The van der Waals surface area contributed by atoms with Crippen molar-refractivity contribution >= 4 is 11.9 Å². The van der Waals surface area contributed by atoms with Crippen molar-refractivity contribution in [3.05, 3.63) is 0 Å². The second kappa shape index (κ2) is 8.72. The van der Waals surface area contributed by atoms with E-state index in [0.717, 1.165) is 19.8 Å². The number of hydrogen-bond donors (Lipinski definition) is 0. The highest BCUT2D eigenvalue weighted by Gasteiger charge is 2.46. The Balaban J connectivity index is 5.02. The molecule has 0 aromatic rings. The summed E-state index contributed by atoms with van der Waals surface area (Å²) in [4.78, 5) is 24.4. The molecule has 2 unspecified atom stereocenters. The minimum Gasteiger partial charge on any atom is -0.465 e. The molecule has 0 heterocycles. The van der Waals surface area contributed by atoms with Crippen molar-refractivity contribution in [2.75, 3.05) is 6.61 Å². The molecule has 0 aliphatic carbocycles. The van der Waals surface area contributed by atoms with E-state index < -0.39 is 35.0 Å². The monoisotopic (exact) mass is 354 g/mol. The molecule has 0 bridgehead atoms. The largest absolute Gasteiger partial charge is 0.465 e. The molecular weight excluding hydrogens is 325 g/mol. The molecule has 142 valence electrons. The lowest BCUT2D eigenvalue weighted by molar-refractivity contribution is -0.222. The van der Waals surface area contributed by atoms with Crippen LogP contribution in [0.25, 0.3) is 0 Å². The number of alkyl halides is 3. The molecular formula is C17H29F3O4. The zero-order chi connectivity index (χ0) is 19.2. The Bertz CT molecular complexity index is 432. The highest BCUT2D eigenvalue weighted by atomic mass is 19.4. The normalized spacial score (nSPS) is 16.2. The third-order valence-corrected chi connectivity index (χ3v) is 4.13. The lowest BCUT2D eigenvalue weighted by atomic mass is 9.72. The van der Waals surface area contributed by atoms with E-state index >= 15 is 0 Å². The van der Waals surface area contributed by atoms with Crippen LogP contribution in [-0.2, 0) is 19.1 Å². The third kappa shape index (κ3) is 6.69. The molecule has 0 aromatic heterocycles. The average Bonchev–Trinajstić information content (AvgIpc) is 2.45. The van der Waals surface area contributed by atoms with E-state index in [0.29, 0.717) is 0 Å². The molecule has 0 saturated heterocycles. The van der Waals surface area contributed by atoms with Crippen LogP contribution in [0.15, 0.2) is 0 Å². The predicted molar refractivity (Wildman–Crippen MR) is 84.3 cm³/mol. The Morgan fingerprint density at radius 2 is 1.58 bits per heavy atom. The fraction of sp³-hybridized carbons (Fsp3) is 0.882. The Hall–Kier alpha value is -1.27. The molecule has 0 amide bonds. The van der Waals surface area contributed by atoms with Crippen molar-refractivity contribution in [1.82, 2.24) is 0 Å². The smallest absolute Gasteiger partial charge is 0.425 e. The maximum Gasteiger partial charge on any atom is 0.425 e. The number of ether oxygens (including phenoxy) is 2. The SMILES string of the molecule is CCCCOC(=O)C(C)(C)CC(C)(CC)C(=O)OC(C)C(F)(F)F. The van der Waals surface area contributed by atoms with E-state index in [-0.39, 0.29) is 19.4 Å². The van der Waals surface area contributed by atoms with Crippen LogP contribution < -0.4 is 0 Å². The summed E-state index contributed by atoms with van der Waals surface area (Å²) in [6.45, 7) is 9.48. The first-order valence-electron chi connectivity index (χ1n) is 8.25. The zero-order valence-electron chi connectivity index (χ0n) is 15.4. The van der Waals surface area contributed by atoms with Gasteiger partial charge in [0.1, 0.15) is 0 Å². The van der Waals surface area contributed by atoms with Crippen molar-refractivity contribution in [1.29, 1.82) is 0 Å². The fourth-order valence-corrected chi connectivity index (χ4v) is 2.26. The maximum absolute atomic E-state index is 12.6. The number of halogens is 3. The van der Waals surface area contributed by atoms with Crippen LogP contribution in [0.1, 0.15) is 67.2 Å². The van der Waals surface area contributed by atoms with Gasteiger partial charge < -0.3 is 9.47 Å². The van der Waals surface area contributed by atoms with Gasteiger partial charge in [-0.05, 0) is 47.0 Å². The predicted octanol–water partition coefficient (Wildman–Crippen LogP) is 4.66. The summed E-state index contributed by atoms with van der Waals surface area (Å²) in [7, 11) is 0. The topological polar surface area (TPSA) is 52.6 Å². The van der Waals surface area contributed by atoms with Crippen LogP contribution in [0.4, 0.5) is 13.2 Å². The molecule has 0 spiro atoms. The van der Waals surface area contributed by atoms with Gasteiger partial charge in [-0.3, -0.25) is 9.59 Å². The first kappa shape index (κ1) is 22.7. The van der Waals surface area contributed by atoms with Crippen LogP contribution in [0.3, 0.4) is 0 Å². The first-order valence-corrected chi connectivity index (χ1v) is 8.25. The van der Waals surface area contributed by atoms with Gasteiger partial charge in [0, 0.05) is 0 Å². The van der Waals surface area contributed by atoms with Gasteiger partial charge in [-0.2, -0.15) is 13.2 Å².